The third-order valence-corrected chi connectivity index (χ3v) is 7.19. The van der Waals surface area contributed by atoms with E-state index < -0.39 is 0 Å². The van der Waals surface area contributed by atoms with E-state index in [9.17, 15) is 9.59 Å². The molecule has 7 heteroatoms. The predicted molar refractivity (Wildman–Crippen MR) is 114 cm³/mol. The number of fused-ring (bicyclic) bond motifs is 1. The Kier molecular flexibility index (Phi) is 5.50. The molecule has 1 aliphatic carbocycles. The molecule has 2 saturated heterocycles. The first-order chi connectivity index (χ1) is 15.1. The van der Waals surface area contributed by atoms with Crippen LogP contribution in [0.15, 0.2) is 29.0 Å². The number of carbonyl (C=O) groups excluding carboxylic acids is 2. The van der Waals surface area contributed by atoms with Gasteiger partial charge in [0.25, 0.3) is 0 Å². The smallest absolute Gasteiger partial charge is 0.227 e. The summed E-state index contributed by atoms with van der Waals surface area (Å²) in [5.74, 6) is 2.05. The Morgan fingerprint density at radius 1 is 1.16 bits per heavy atom. The Morgan fingerprint density at radius 2 is 1.94 bits per heavy atom. The van der Waals surface area contributed by atoms with E-state index >= 15 is 0 Å². The minimum Gasteiger partial charge on any atom is -0.361 e. The van der Waals surface area contributed by atoms with Crippen LogP contribution in [-0.2, 0) is 29.0 Å². The second-order valence-electron chi connectivity index (χ2n) is 9.45. The van der Waals surface area contributed by atoms with Crippen molar-refractivity contribution in [3.8, 4) is 0 Å². The fraction of sp³-hybridized carbons (Fsp3) is 0.583. The largest absolute Gasteiger partial charge is 0.361 e. The van der Waals surface area contributed by atoms with E-state index in [1.165, 1.54) is 12.0 Å². The van der Waals surface area contributed by atoms with E-state index in [4.69, 9.17) is 4.52 Å². The molecule has 2 aromatic rings. The average molecular weight is 423 g/mol. The van der Waals surface area contributed by atoms with Crippen molar-refractivity contribution in [1.29, 1.82) is 0 Å². The molecule has 0 saturated carbocycles. The molecule has 31 heavy (non-hydrogen) atoms. The fourth-order valence-electron chi connectivity index (χ4n) is 5.35. The lowest BCUT2D eigenvalue weighted by Crippen LogP contribution is -2.42. The predicted octanol–water partition coefficient (Wildman–Crippen LogP) is 2.95. The third-order valence-electron chi connectivity index (χ3n) is 7.19. The van der Waals surface area contributed by atoms with Crippen LogP contribution < -0.4 is 0 Å². The van der Waals surface area contributed by atoms with Gasteiger partial charge < -0.3 is 14.3 Å². The highest BCUT2D eigenvalue weighted by Gasteiger charge is 2.38. The van der Waals surface area contributed by atoms with Crippen molar-refractivity contribution in [3.05, 3.63) is 47.1 Å². The van der Waals surface area contributed by atoms with E-state index in [2.05, 4.69) is 17.1 Å². The number of hydrogen-bond acceptors (Lipinski definition) is 5. The fourth-order valence-corrected chi connectivity index (χ4v) is 5.35. The van der Waals surface area contributed by atoms with Gasteiger partial charge >= 0.3 is 0 Å². The maximum absolute atomic E-state index is 13.1. The highest BCUT2D eigenvalue weighted by Crippen LogP contribution is 2.36. The second-order valence-corrected chi connectivity index (χ2v) is 9.45. The summed E-state index contributed by atoms with van der Waals surface area (Å²) in [5.41, 5.74) is 3.52. The van der Waals surface area contributed by atoms with Crippen molar-refractivity contribution in [3.63, 3.8) is 0 Å². The highest BCUT2D eigenvalue weighted by molar-refractivity contribution is 5.89. The molecule has 2 aromatic heterocycles. The summed E-state index contributed by atoms with van der Waals surface area (Å²) in [6.07, 6.45) is 8.85. The van der Waals surface area contributed by atoms with Gasteiger partial charge in [0.2, 0.25) is 11.8 Å². The zero-order chi connectivity index (χ0) is 21.4. The topological polar surface area (TPSA) is 79.5 Å². The molecule has 3 aliphatic rings. The van der Waals surface area contributed by atoms with E-state index in [0.29, 0.717) is 31.3 Å². The molecule has 164 valence electrons. The number of carbonyl (C=O) groups is 2. The Balaban J connectivity index is 1.17. The lowest BCUT2D eigenvalue weighted by molar-refractivity contribution is -0.136. The molecule has 0 aromatic carbocycles. The van der Waals surface area contributed by atoms with Gasteiger partial charge in [-0.25, -0.2) is 0 Å². The van der Waals surface area contributed by atoms with Crippen molar-refractivity contribution in [2.75, 3.05) is 19.6 Å². The van der Waals surface area contributed by atoms with Gasteiger partial charge in [0.15, 0.2) is 0 Å². The van der Waals surface area contributed by atoms with Crippen LogP contribution in [0.1, 0.15) is 61.1 Å². The molecule has 5 rings (SSSR count). The first-order valence-corrected chi connectivity index (χ1v) is 11.5. The molecule has 7 nitrogen and oxygen atoms in total. The minimum absolute atomic E-state index is 0.0625. The van der Waals surface area contributed by atoms with Crippen LogP contribution in [0, 0.1) is 11.8 Å². The summed E-state index contributed by atoms with van der Waals surface area (Å²) in [6, 6.07) is 3.83. The molecular formula is C24H30N4O3. The number of hydrogen-bond donors (Lipinski definition) is 0. The molecule has 2 amide bonds. The van der Waals surface area contributed by atoms with Crippen molar-refractivity contribution in [1.82, 2.24) is 19.9 Å². The number of pyridine rings is 1. The summed E-state index contributed by atoms with van der Waals surface area (Å²) in [5, 5.41) is 4.33. The van der Waals surface area contributed by atoms with Gasteiger partial charge in [-0.15, -0.1) is 0 Å². The monoisotopic (exact) mass is 422 g/mol. The van der Waals surface area contributed by atoms with Crippen molar-refractivity contribution >= 4 is 11.8 Å². The van der Waals surface area contributed by atoms with E-state index in [1.54, 1.807) is 17.3 Å². The van der Waals surface area contributed by atoms with E-state index in [1.807, 2.05) is 17.0 Å². The summed E-state index contributed by atoms with van der Waals surface area (Å²) in [7, 11) is 0. The Hall–Kier alpha value is -2.70. The van der Waals surface area contributed by atoms with Crippen LogP contribution in [0.4, 0.5) is 0 Å². The first-order valence-electron chi connectivity index (χ1n) is 11.5. The molecule has 0 radical (unpaired) electrons. The molecule has 2 atom stereocenters. The molecular weight excluding hydrogens is 392 g/mol. The molecule has 2 aliphatic heterocycles. The third kappa shape index (κ3) is 4.10. The zero-order valence-corrected chi connectivity index (χ0v) is 18.1. The summed E-state index contributed by atoms with van der Waals surface area (Å²) in [4.78, 5) is 33.4. The second kappa shape index (κ2) is 8.44. The minimum atomic E-state index is -0.232. The molecule has 4 heterocycles. The number of aromatic nitrogens is 2. The molecule has 2 fully saturated rings. The number of likely N-dealkylation sites (tertiary alicyclic amines) is 2. The lowest BCUT2D eigenvalue weighted by atomic mass is 9.83. The normalized spacial score (nSPS) is 24.5. The Labute approximate surface area is 182 Å². The number of rotatable bonds is 4. The van der Waals surface area contributed by atoms with E-state index in [0.717, 1.165) is 55.8 Å². The van der Waals surface area contributed by atoms with Gasteiger partial charge in [-0.3, -0.25) is 14.6 Å². The average Bonchev–Trinajstić information content (AvgIpc) is 3.37. The van der Waals surface area contributed by atoms with Gasteiger partial charge in [0.05, 0.1) is 11.6 Å². The summed E-state index contributed by atoms with van der Waals surface area (Å²) >= 11 is 0. The van der Waals surface area contributed by atoms with Crippen LogP contribution in [0.2, 0.25) is 0 Å². The van der Waals surface area contributed by atoms with Gasteiger partial charge in [0.1, 0.15) is 5.76 Å². The van der Waals surface area contributed by atoms with Gasteiger partial charge in [-0.1, -0.05) is 12.1 Å². The standard InChI is InChI=1S/C24H30N4O3/c1-16-2-3-21-20(12-16)23(31-26-21)18-6-10-27(11-7-18)24(30)19-13-22(29)28(15-19)14-17-4-8-25-9-5-17/h4-5,8-9,16,18-19H,2-3,6-7,10-15H2,1H3/t16-,19-/m1/s1. The number of nitrogens with zero attached hydrogens (tertiary/aromatic N) is 4. The molecule has 0 N–H and O–H groups in total. The van der Waals surface area contributed by atoms with Gasteiger partial charge in [-0.05, 0) is 55.7 Å². The quantitative estimate of drug-likeness (QED) is 0.757. The van der Waals surface area contributed by atoms with Crippen LogP contribution in [-0.4, -0.2) is 51.4 Å². The van der Waals surface area contributed by atoms with Crippen molar-refractivity contribution in [2.24, 2.45) is 11.8 Å². The van der Waals surface area contributed by atoms with Gasteiger partial charge in [0, 0.05) is 56.5 Å². The van der Waals surface area contributed by atoms with Crippen LogP contribution in [0.3, 0.4) is 0 Å². The van der Waals surface area contributed by atoms with E-state index in [-0.39, 0.29) is 17.7 Å². The SMILES string of the molecule is C[C@@H]1CCc2noc(C3CCN(C(=O)[C@@H]4CC(=O)N(Cc5ccncc5)C4)CC3)c2C1. The number of aryl methyl sites for hydroxylation is 1. The number of amides is 2. The Morgan fingerprint density at radius 3 is 2.71 bits per heavy atom. The maximum atomic E-state index is 13.1. The highest BCUT2D eigenvalue weighted by atomic mass is 16.5. The van der Waals surface area contributed by atoms with Crippen molar-refractivity contribution < 1.29 is 14.1 Å². The molecule has 0 bridgehead atoms. The zero-order valence-electron chi connectivity index (χ0n) is 18.1. The summed E-state index contributed by atoms with van der Waals surface area (Å²) < 4.78 is 5.78. The Bertz CT molecular complexity index is 949. The molecule has 0 unspecified atom stereocenters. The first kappa shape index (κ1) is 20.2. The van der Waals surface area contributed by atoms with Crippen LogP contribution in [0.5, 0.6) is 0 Å². The maximum Gasteiger partial charge on any atom is 0.227 e. The lowest BCUT2D eigenvalue weighted by Gasteiger charge is -2.33. The van der Waals surface area contributed by atoms with Crippen LogP contribution >= 0.6 is 0 Å². The molecule has 0 spiro atoms. The number of piperidine rings is 1. The van der Waals surface area contributed by atoms with Crippen LogP contribution in [0.25, 0.3) is 0 Å². The summed E-state index contributed by atoms with van der Waals surface area (Å²) in [6.45, 7) is 4.80. The van der Waals surface area contributed by atoms with Crippen molar-refractivity contribution in [2.45, 2.75) is 57.9 Å². The van der Waals surface area contributed by atoms with Gasteiger partial charge in [-0.2, -0.15) is 0 Å².